The molecule has 1 saturated carbocycles. The molecule has 1 fully saturated rings. The highest BCUT2D eigenvalue weighted by Crippen LogP contribution is 2.41. The maximum Gasteiger partial charge on any atom is 0.251 e. The van der Waals surface area contributed by atoms with Gasteiger partial charge in [-0.15, -0.1) is 0 Å². The van der Waals surface area contributed by atoms with Crippen LogP contribution in [0.1, 0.15) is 44.3 Å². The van der Waals surface area contributed by atoms with Gasteiger partial charge in [-0.05, 0) is 32.1 Å². The van der Waals surface area contributed by atoms with Crippen LogP contribution in [0.25, 0.3) is 0 Å². The molecule has 1 atom stereocenters. The van der Waals surface area contributed by atoms with Gasteiger partial charge in [0, 0.05) is 18.4 Å². The predicted octanol–water partition coefficient (Wildman–Crippen LogP) is 1.82. The van der Waals surface area contributed by atoms with Gasteiger partial charge in [-0.3, -0.25) is 4.79 Å². The number of aromatic nitrogens is 2. The van der Waals surface area contributed by atoms with Crippen molar-refractivity contribution in [3.63, 3.8) is 0 Å². The first-order valence-corrected chi connectivity index (χ1v) is 5.96. The summed E-state index contributed by atoms with van der Waals surface area (Å²) in [5, 5.41) is 0. The van der Waals surface area contributed by atoms with E-state index in [2.05, 4.69) is 9.97 Å². The van der Waals surface area contributed by atoms with Crippen molar-refractivity contribution in [3.8, 4) is 0 Å². The third-order valence-electron chi connectivity index (χ3n) is 2.84. The van der Waals surface area contributed by atoms with Gasteiger partial charge in [0.15, 0.2) is 0 Å². The van der Waals surface area contributed by atoms with Gasteiger partial charge in [0.05, 0.1) is 0 Å². The van der Waals surface area contributed by atoms with Crippen molar-refractivity contribution in [3.05, 3.63) is 27.9 Å². The SMILES string of the molecule is CCOC(c1nc(CC)cc(=O)[nH]1)C1CC1. The molecule has 1 unspecified atom stereocenters. The van der Waals surface area contributed by atoms with Crippen molar-refractivity contribution in [2.75, 3.05) is 6.61 Å². The monoisotopic (exact) mass is 222 g/mol. The summed E-state index contributed by atoms with van der Waals surface area (Å²) in [6.45, 7) is 4.62. The number of hydrogen-bond donors (Lipinski definition) is 1. The lowest BCUT2D eigenvalue weighted by molar-refractivity contribution is 0.0397. The molecule has 2 rings (SSSR count). The number of H-pyrrole nitrogens is 1. The molecule has 0 amide bonds. The molecule has 1 aromatic heterocycles. The van der Waals surface area contributed by atoms with Crippen LogP contribution in [-0.2, 0) is 11.2 Å². The minimum atomic E-state index is -0.0767. The van der Waals surface area contributed by atoms with Crippen LogP contribution in [0.15, 0.2) is 10.9 Å². The molecule has 0 saturated heterocycles. The number of hydrogen-bond acceptors (Lipinski definition) is 3. The van der Waals surface area contributed by atoms with Gasteiger partial charge in [-0.1, -0.05) is 6.92 Å². The van der Waals surface area contributed by atoms with Crippen LogP contribution in [-0.4, -0.2) is 16.6 Å². The fraction of sp³-hybridized carbons (Fsp3) is 0.667. The smallest absolute Gasteiger partial charge is 0.251 e. The quantitative estimate of drug-likeness (QED) is 0.826. The van der Waals surface area contributed by atoms with Crippen LogP contribution >= 0.6 is 0 Å². The summed E-state index contributed by atoms with van der Waals surface area (Å²) in [5.41, 5.74) is 0.760. The van der Waals surface area contributed by atoms with Crippen LogP contribution in [0.3, 0.4) is 0 Å². The second-order valence-electron chi connectivity index (χ2n) is 4.19. The second-order valence-corrected chi connectivity index (χ2v) is 4.19. The predicted molar refractivity (Wildman–Crippen MR) is 61.3 cm³/mol. The van der Waals surface area contributed by atoms with E-state index in [0.29, 0.717) is 18.3 Å². The highest BCUT2D eigenvalue weighted by Gasteiger charge is 2.34. The summed E-state index contributed by atoms with van der Waals surface area (Å²) in [6, 6.07) is 1.55. The van der Waals surface area contributed by atoms with Crippen molar-refractivity contribution >= 4 is 0 Å². The molecule has 0 bridgehead atoms. The summed E-state index contributed by atoms with van der Waals surface area (Å²) in [4.78, 5) is 18.7. The molecule has 0 spiro atoms. The summed E-state index contributed by atoms with van der Waals surface area (Å²) < 4.78 is 5.67. The Morgan fingerprint density at radius 3 is 2.88 bits per heavy atom. The molecular weight excluding hydrogens is 204 g/mol. The molecule has 4 heteroatoms. The Labute approximate surface area is 95.1 Å². The Morgan fingerprint density at radius 1 is 1.56 bits per heavy atom. The van der Waals surface area contributed by atoms with Crippen LogP contribution in [0.2, 0.25) is 0 Å². The average molecular weight is 222 g/mol. The summed E-state index contributed by atoms with van der Waals surface area (Å²) in [6.07, 6.45) is 3.10. The van der Waals surface area contributed by atoms with Crippen LogP contribution < -0.4 is 5.56 Å². The van der Waals surface area contributed by atoms with Crippen molar-refractivity contribution in [2.24, 2.45) is 5.92 Å². The number of nitrogens with one attached hydrogen (secondary N) is 1. The molecular formula is C12H18N2O2. The van der Waals surface area contributed by atoms with Crippen molar-refractivity contribution in [1.82, 2.24) is 9.97 Å². The lowest BCUT2D eigenvalue weighted by Crippen LogP contribution is -2.18. The van der Waals surface area contributed by atoms with E-state index in [1.165, 1.54) is 12.8 Å². The molecule has 0 radical (unpaired) electrons. The van der Waals surface area contributed by atoms with Crippen LogP contribution in [0.4, 0.5) is 0 Å². The third-order valence-corrected chi connectivity index (χ3v) is 2.84. The molecule has 1 aliphatic carbocycles. The second kappa shape index (κ2) is 4.78. The third kappa shape index (κ3) is 2.50. The first-order valence-electron chi connectivity index (χ1n) is 5.96. The van der Waals surface area contributed by atoms with Gasteiger partial charge in [0.1, 0.15) is 11.9 Å². The van der Waals surface area contributed by atoms with E-state index in [-0.39, 0.29) is 11.7 Å². The van der Waals surface area contributed by atoms with Crippen LogP contribution in [0.5, 0.6) is 0 Å². The molecule has 1 N–H and O–H groups in total. The maximum atomic E-state index is 11.5. The molecule has 88 valence electrons. The van der Waals surface area contributed by atoms with E-state index in [1.807, 2.05) is 13.8 Å². The van der Waals surface area contributed by atoms with E-state index < -0.39 is 0 Å². The topological polar surface area (TPSA) is 55.0 Å². The van der Waals surface area contributed by atoms with Gasteiger partial charge in [0.2, 0.25) is 0 Å². The Balaban J connectivity index is 2.28. The number of ether oxygens (including phenoxy) is 1. The van der Waals surface area contributed by atoms with Crippen molar-refractivity contribution < 1.29 is 4.74 Å². The highest BCUT2D eigenvalue weighted by molar-refractivity contribution is 5.06. The Bertz CT molecular complexity index is 410. The summed E-state index contributed by atoms with van der Waals surface area (Å²) in [5.74, 6) is 1.24. The minimum Gasteiger partial charge on any atom is -0.370 e. The van der Waals surface area contributed by atoms with Gasteiger partial charge in [-0.2, -0.15) is 0 Å². The van der Waals surface area contributed by atoms with Crippen LogP contribution in [0, 0.1) is 5.92 Å². The first kappa shape index (κ1) is 11.3. The highest BCUT2D eigenvalue weighted by atomic mass is 16.5. The fourth-order valence-electron chi connectivity index (χ4n) is 1.86. The fourth-order valence-corrected chi connectivity index (χ4v) is 1.86. The summed E-state index contributed by atoms with van der Waals surface area (Å²) >= 11 is 0. The number of nitrogens with zero attached hydrogens (tertiary/aromatic N) is 1. The molecule has 16 heavy (non-hydrogen) atoms. The maximum absolute atomic E-state index is 11.5. The van der Waals surface area contributed by atoms with E-state index in [9.17, 15) is 4.79 Å². The van der Waals surface area contributed by atoms with Crippen molar-refractivity contribution in [2.45, 2.75) is 39.2 Å². The lowest BCUT2D eigenvalue weighted by atomic mass is 10.2. The van der Waals surface area contributed by atoms with E-state index >= 15 is 0 Å². The molecule has 1 heterocycles. The molecule has 0 aliphatic heterocycles. The van der Waals surface area contributed by atoms with Crippen molar-refractivity contribution in [1.29, 1.82) is 0 Å². The van der Waals surface area contributed by atoms with E-state index in [1.54, 1.807) is 6.07 Å². The molecule has 0 aromatic carbocycles. The number of aromatic amines is 1. The normalized spacial score (nSPS) is 17.4. The summed E-state index contributed by atoms with van der Waals surface area (Å²) in [7, 11) is 0. The minimum absolute atomic E-state index is 0.0239. The molecule has 1 aromatic rings. The average Bonchev–Trinajstić information content (AvgIpc) is 3.08. The first-order chi connectivity index (χ1) is 7.74. The van der Waals surface area contributed by atoms with Gasteiger partial charge < -0.3 is 9.72 Å². The number of rotatable bonds is 5. The van der Waals surface area contributed by atoms with Gasteiger partial charge in [-0.25, -0.2) is 4.98 Å². The molecule has 4 nitrogen and oxygen atoms in total. The van der Waals surface area contributed by atoms with Gasteiger partial charge in [0.25, 0.3) is 5.56 Å². The number of aryl methyl sites for hydroxylation is 1. The largest absolute Gasteiger partial charge is 0.370 e. The standard InChI is InChI=1S/C12H18N2O2/c1-3-9-7-10(15)14-12(13-9)11(16-4-2)8-5-6-8/h7-8,11H,3-6H2,1-2H3,(H,13,14,15). The van der Waals surface area contributed by atoms with Gasteiger partial charge >= 0.3 is 0 Å². The molecule has 1 aliphatic rings. The Kier molecular flexibility index (Phi) is 3.39. The Morgan fingerprint density at radius 2 is 2.31 bits per heavy atom. The zero-order chi connectivity index (χ0) is 11.5. The van der Waals surface area contributed by atoms with E-state index in [4.69, 9.17) is 4.74 Å². The zero-order valence-electron chi connectivity index (χ0n) is 9.82. The Hall–Kier alpha value is -1.16. The van der Waals surface area contributed by atoms with E-state index in [0.717, 1.165) is 12.1 Å². The zero-order valence-corrected chi connectivity index (χ0v) is 9.82. The lowest BCUT2D eigenvalue weighted by Gasteiger charge is -2.15.